The predicted octanol–water partition coefficient (Wildman–Crippen LogP) is 0.961. The van der Waals surface area contributed by atoms with Gasteiger partial charge in [0.05, 0.1) is 11.3 Å². The molecule has 8 nitrogen and oxygen atoms in total. The van der Waals surface area contributed by atoms with Crippen molar-refractivity contribution in [1.82, 2.24) is 9.80 Å². The second kappa shape index (κ2) is 6.46. The van der Waals surface area contributed by atoms with Crippen LogP contribution in [0.5, 0.6) is 0 Å². The van der Waals surface area contributed by atoms with Crippen LogP contribution in [0.3, 0.4) is 0 Å². The molecule has 1 aliphatic heterocycles. The molecule has 2 rings (SSSR count). The van der Waals surface area contributed by atoms with Crippen LogP contribution in [-0.4, -0.2) is 46.6 Å². The maximum absolute atomic E-state index is 12.0. The zero-order chi connectivity index (χ0) is 17.1. The lowest BCUT2D eigenvalue weighted by atomic mass is 10.2. The van der Waals surface area contributed by atoms with E-state index in [1.54, 1.807) is 0 Å². The van der Waals surface area contributed by atoms with Crippen molar-refractivity contribution in [2.24, 2.45) is 0 Å². The lowest BCUT2D eigenvalue weighted by molar-refractivity contribution is -0.143. The van der Waals surface area contributed by atoms with Gasteiger partial charge in [0.25, 0.3) is 0 Å². The first-order valence-electron chi connectivity index (χ1n) is 6.55. The molecule has 1 aromatic carbocycles. The molecule has 23 heavy (non-hydrogen) atoms. The molecule has 0 unspecified atom stereocenters. The van der Waals surface area contributed by atoms with Crippen LogP contribution in [0.15, 0.2) is 18.2 Å². The van der Waals surface area contributed by atoms with Gasteiger partial charge >= 0.3 is 17.8 Å². The molecule has 0 aliphatic carbocycles. The van der Waals surface area contributed by atoms with Crippen LogP contribution in [0.2, 0.25) is 5.02 Å². The van der Waals surface area contributed by atoms with Crippen LogP contribution in [0.25, 0.3) is 0 Å². The first-order valence-corrected chi connectivity index (χ1v) is 6.93. The summed E-state index contributed by atoms with van der Waals surface area (Å²) < 4.78 is 0. The first kappa shape index (κ1) is 16.5. The molecule has 0 spiro atoms. The fourth-order valence-electron chi connectivity index (χ4n) is 2.02. The molecule has 1 N–H and O–H groups in total. The van der Waals surface area contributed by atoms with Gasteiger partial charge in [-0.2, -0.15) is 5.26 Å². The van der Waals surface area contributed by atoms with E-state index < -0.39 is 30.3 Å². The summed E-state index contributed by atoms with van der Waals surface area (Å²) in [7, 11) is 0. The molecule has 0 bridgehead atoms. The molecule has 0 aromatic heterocycles. The molecule has 1 aliphatic rings. The summed E-state index contributed by atoms with van der Waals surface area (Å²) in [6, 6.07) is 5.32. The highest BCUT2D eigenvalue weighted by atomic mass is 35.5. The largest absolute Gasteiger partial charge is 0.334 e. The van der Waals surface area contributed by atoms with Crippen LogP contribution in [0, 0.1) is 11.3 Å². The number of imide groups is 2. The molecule has 0 radical (unpaired) electrons. The van der Waals surface area contributed by atoms with E-state index >= 15 is 0 Å². The van der Waals surface area contributed by atoms with Crippen LogP contribution in [-0.2, 0) is 14.4 Å². The van der Waals surface area contributed by atoms with Crippen LogP contribution >= 0.6 is 11.6 Å². The molecule has 118 valence electrons. The highest BCUT2D eigenvalue weighted by molar-refractivity contribution is 6.45. The highest BCUT2D eigenvalue weighted by Crippen LogP contribution is 2.20. The number of anilines is 1. The number of halogens is 1. The smallest absolute Gasteiger partial charge is 0.323 e. The number of hydrogen-bond donors (Lipinski definition) is 1. The van der Waals surface area contributed by atoms with Crippen LogP contribution in [0.1, 0.15) is 12.5 Å². The zero-order valence-corrected chi connectivity index (χ0v) is 12.8. The van der Waals surface area contributed by atoms with E-state index in [4.69, 9.17) is 16.9 Å². The average Bonchev–Trinajstić information content (AvgIpc) is 2.71. The summed E-state index contributed by atoms with van der Waals surface area (Å²) in [5.41, 5.74) is 0.329. The van der Waals surface area contributed by atoms with E-state index in [1.807, 2.05) is 6.07 Å². The fourth-order valence-corrected chi connectivity index (χ4v) is 2.19. The third-order valence-corrected chi connectivity index (χ3v) is 3.36. The van der Waals surface area contributed by atoms with Crippen molar-refractivity contribution in [2.45, 2.75) is 6.92 Å². The van der Waals surface area contributed by atoms with Gasteiger partial charge in [0.1, 0.15) is 12.6 Å². The van der Waals surface area contributed by atoms with Crippen molar-refractivity contribution in [3.8, 4) is 6.07 Å². The van der Waals surface area contributed by atoms with Gasteiger partial charge in [-0.15, -0.1) is 0 Å². The van der Waals surface area contributed by atoms with E-state index in [9.17, 15) is 19.2 Å². The molecule has 5 amide bonds. The molecular weight excluding hydrogens is 324 g/mol. The Morgan fingerprint density at radius 2 is 1.91 bits per heavy atom. The Bertz CT molecular complexity index is 756. The van der Waals surface area contributed by atoms with Crippen molar-refractivity contribution >= 4 is 41.0 Å². The summed E-state index contributed by atoms with van der Waals surface area (Å²) >= 11 is 5.80. The third-order valence-electron chi connectivity index (χ3n) is 3.13. The number of nitrogens with zero attached hydrogens (tertiary/aromatic N) is 3. The molecule has 0 atom stereocenters. The van der Waals surface area contributed by atoms with E-state index in [0.29, 0.717) is 9.92 Å². The topological polar surface area (TPSA) is 111 Å². The molecule has 1 fully saturated rings. The minimum absolute atomic E-state index is 0.0361. The SMILES string of the molecule is CCN1C(=O)C(=O)N(CC(=O)Nc2cc(Cl)ccc2C#N)C1=O. The number of urea groups is 1. The summed E-state index contributed by atoms with van der Waals surface area (Å²) in [6.45, 7) is 0.948. The summed E-state index contributed by atoms with van der Waals surface area (Å²) in [5, 5.41) is 11.7. The molecule has 1 saturated heterocycles. The standard InChI is InChI=1S/C14H11ClN4O4/c1-2-18-12(21)13(22)19(14(18)23)7-11(20)17-10-5-9(15)4-3-8(10)6-16/h3-5H,2,7H2,1H3,(H,17,20). The Morgan fingerprint density at radius 1 is 1.26 bits per heavy atom. The number of nitriles is 1. The van der Waals surface area contributed by atoms with Crippen molar-refractivity contribution in [3.63, 3.8) is 0 Å². The summed E-state index contributed by atoms with van der Waals surface area (Å²) in [6.07, 6.45) is 0. The molecule has 9 heteroatoms. The van der Waals surface area contributed by atoms with Gasteiger partial charge in [-0.05, 0) is 25.1 Å². The molecular formula is C14H11ClN4O4. The van der Waals surface area contributed by atoms with Crippen molar-refractivity contribution in [2.75, 3.05) is 18.4 Å². The number of carbonyl (C=O) groups excluding carboxylic acids is 4. The minimum Gasteiger partial charge on any atom is -0.323 e. The lowest BCUT2D eigenvalue weighted by Gasteiger charge is -2.14. The normalized spacial score (nSPS) is 14.2. The second-order valence-electron chi connectivity index (χ2n) is 4.57. The Morgan fingerprint density at radius 3 is 2.48 bits per heavy atom. The van der Waals surface area contributed by atoms with Gasteiger partial charge in [0.15, 0.2) is 0 Å². The van der Waals surface area contributed by atoms with Crippen molar-refractivity contribution < 1.29 is 19.2 Å². The van der Waals surface area contributed by atoms with E-state index in [0.717, 1.165) is 4.90 Å². The minimum atomic E-state index is -1.06. The van der Waals surface area contributed by atoms with Crippen LogP contribution in [0.4, 0.5) is 10.5 Å². The van der Waals surface area contributed by atoms with Crippen LogP contribution < -0.4 is 5.32 Å². The number of rotatable bonds is 4. The number of hydrogen-bond acceptors (Lipinski definition) is 5. The van der Waals surface area contributed by atoms with Gasteiger partial charge in [-0.1, -0.05) is 11.6 Å². The quantitative estimate of drug-likeness (QED) is 0.651. The Labute approximate surface area is 136 Å². The van der Waals surface area contributed by atoms with Gasteiger partial charge in [0.2, 0.25) is 5.91 Å². The van der Waals surface area contributed by atoms with E-state index in [-0.39, 0.29) is 17.8 Å². The highest BCUT2D eigenvalue weighted by Gasteiger charge is 2.44. The van der Waals surface area contributed by atoms with E-state index in [1.165, 1.54) is 25.1 Å². The Kier molecular flexibility index (Phi) is 4.62. The number of benzene rings is 1. The number of likely N-dealkylation sites (N-methyl/N-ethyl adjacent to an activating group) is 1. The molecule has 1 aromatic rings. The Balaban J connectivity index is 2.13. The lowest BCUT2D eigenvalue weighted by Crippen LogP contribution is -2.39. The number of nitrogens with one attached hydrogen (secondary N) is 1. The average molecular weight is 335 g/mol. The molecule has 0 saturated carbocycles. The van der Waals surface area contributed by atoms with E-state index in [2.05, 4.69) is 5.32 Å². The third kappa shape index (κ3) is 3.14. The maximum Gasteiger partial charge on any atom is 0.334 e. The van der Waals surface area contributed by atoms with Crippen molar-refractivity contribution in [3.05, 3.63) is 28.8 Å². The zero-order valence-electron chi connectivity index (χ0n) is 12.0. The summed E-state index contributed by atoms with van der Waals surface area (Å²) in [4.78, 5) is 48.5. The first-order chi connectivity index (χ1) is 10.9. The fraction of sp³-hybridized carbons (Fsp3) is 0.214. The number of amides is 5. The predicted molar refractivity (Wildman–Crippen MR) is 79.3 cm³/mol. The monoisotopic (exact) mass is 334 g/mol. The van der Waals surface area contributed by atoms with Gasteiger partial charge < -0.3 is 5.32 Å². The molecule has 1 heterocycles. The van der Waals surface area contributed by atoms with Gasteiger partial charge in [-0.25, -0.2) is 9.69 Å². The Hall–Kier alpha value is -2.92. The van der Waals surface area contributed by atoms with Gasteiger partial charge in [-0.3, -0.25) is 19.3 Å². The van der Waals surface area contributed by atoms with Crippen molar-refractivity contribution in [1.29, 1.82) is 5.26 Å². The summed E-state index contributed by atoms with van der Waals surface area (Å²) in [5.74, 6) is -2.75. The maximum atomic E-state index is 12.0. The van der Waals surface area contributed by atoms with Gasteiger partial charge in [0, 0.05) is 11.6 Å². The second-order valence-corrected chi connectivity index (χ2v) is 5.01. The number of carbonyl (C=O) groups is 4.